The lowest BCUT2D eigenvalue weighted by Gasteiger charge is -1.97. The van der Waals surface area contributed by atoms with Crippen molar-refractivity contribution in [3.05, 3.63) is 30.4 Å². The summed E-state index contributed by atoms with van der Waals surface area (Å²) in [6.07, 6.45) is 7.87. The molecule has 3 aliphatic rings. The minimum atomic E-state index is 0.509. The zero-order valence-electron chi connectivity index (χ0n) is 18.4. The standard InChI is InChI=1S/C4H10N2.2C4H6N2.C3H5N3.C3H8N2S/c3*1-4-5-2-3-6-4;1-3-4-2-5-6-3;1-3-4-2-6-5-3/h4-6H,2-3H2,1H3;2H,3H2,1H3;2-3H,1H3,(H,5,6);2H,1H3,(H,4,5,6);3-5H,2H2,1H3. The number of aliphatic imine (C=N–C) groups is 2. The van der Waals surface area contributed by atoms with Crippen LogP contribution in [0.15, 0.2) is 28.7 Å². The van der Waals surface area contributed by atoms with Crippen LogP contribution >= 0.6 is 11.9 Å². The van der Waals surface area contributed by atoms with Crippen molar-refractivity contribution in [2.24, 2.45) is 9.98 Å². The Balaban J connectivity index is 0.000000187. The Labute approximate surface area is 183 Å². The van der Waals surface area contributed by atoms with Gasteiger partial charge in [0.15, 0.2) is 0 Å². The Hall–Kier alpha value is -2.12. The lowest BCUT2D eigenvalue weighted by atomic mass is 10.6. The number of aromatic nitrogens is 5. The molecule has 0 amide bonds. The Morgan fingerprint density at radius 3 is 1.90 bits per heavy atom. The van der Waals surface area contributed by atoms with Crippen molar-refractivity contribution in [1.29, 1.82) is 0 Å². The first-order chi connectivity index (χ1) is 14.5. The molecule has 2 aromatic heterocycles. The van der Waals surface area contributed by atoms with Crippen LogP contribution in [0.5, 0.6) is 0 Å². The van der Waals surface area contributed by atoms with Gasteiger partial charge < -0.3 is 15.6 Å². The maximum absolute atomic E-state index is 3.93. The van der Waals surface area contributed by atoms with Crippen molar-refractivity contribution in [3.63, 3.8) is 0 Å². The van der Waals surface area contributed by atoms with E-state index in [4.69, 9.17) is 0 Å². The molecule has 30 heavy (non-hydrogen) atoms. The molecular formula is C18H35N11S. The number of nitrogens with one attached hydrogen (secondary N) is 6. The number of nitrogens with zero attached hydrogens (tertiary/aromatic N) is 5. The third kappa shape index (κ3) is 14.8. The first-order valence-corrected chi connectivity index (χ1v) is 10.8. The van der Waals surface area contributed by atoms with Crippen molar-refractivity contribution < 1.29 is 0 Å². The average Bonchev–Trinajstić information content (AvgIpc) is 3.50. The quantitative estimate of drug-likeness (QED) is 0.335. The summed E-state index contributed by atoms with van der Waals surface area (Å²) in [6, 6.07) is 0. The van der Waals surface area contributed by atoms with Crippen molar-refractivity contribution >= 4 is 24.0 Å². The number of hydrogen-bond donors (Lipinski definition) is 6. The molecular weight excluding hydrogens is 402 g/mol. The van der Waals surface area contributed by atoms with Gasteiger partial charge in [0.2, 0.25) is 0 Å². The lowest BCUT2D eigenvalue weighted by Crippen LogP contribution is -2.26. The number of aryl methyl sites for hydroxylation is 2. The van der Waals surface area contributed by atoms with Crippen LogP contribution in [0.1, 0.15) is 32.4 Å². The van der Waals surface area contributed by atoms with Crippen LogP contribution in [-0.4, -0.2) is 75.0 Å². The molecule has 0 bridgehead atoms. The molecule has 2 aromatic rings. The van der Waals surface area contributed by atoms with Gasteiger partial charge in [-0.1, -0.05) is 11.9 Å². The normalized spacial score (nSPS) is 19.2. The fourth-order valence-corrected chi connectivity index (χ4v) is 2.77. The molecule has 5 heterocycles. The lowest BCUT2D eigenvalue weighted by molar-refractivity contribution is 0.606. The highest BCUT2D eigenvalue weighted by molar-refractivity contribution is 7.97. The molecule has 0 aliphatic carbocycles. The monoisotopic (exact) mass is 437 g/mol. The van der Waals surface area contributed by atoms with Crippen molar-refractivity contribution in [2.45, 2.75) is 47.0 Å². The van der Waals surface area contributed by atoms with Crippen molar-refractivity contribution in [3.8, 4) is 0 Å². The predicted octanol–water partition coefficient (Wildman–Crippen LogP) is 0.977. The second-order valence-electron chi connectivity index (χ2n) is 6.41. The Morgan fingerprint density at radius 1 is 0.967 bits per heavy atom. The van der Waals surface area contributed by atoms with E-state index in [1.165, 1.54) is 6.33 Å². The third-order valence-corrected chi connectivity index (χ3v) is 4.43. The van der Waals surface area contributed by atoms with Gasteiger partial charge in [-0.15, -0.1) is 0 Å². The number of imidazole rings is 1. The highest BCUT2D eigenvalue weighted by Crippen LogP contribution is 1.98. The van der Waals surface area contributed by atoms with Gasteiger partial charge in [-0.3, -0.25) is 15.4 Å². The minimum absolute atomic E-state index is 0.509. The first-order valence-electron chi connectivity index (χ1n) is 9.86. The topological polar surface area (TPSA) is 143 Å². The summed E-state index contributed by atoms with van der Waals surface area (Å²) in [4.78, 5) is 18.3. The summed E-state index contributed by atoms with van der Waals surface area (Å²) in [5.74, 6) is 3.77. The SMILES string of the molecule is CC1=NCC=N1.CC1NCCN1.CC1NCSN1.Cc1ncc[nH]1.Cc1ncn[nH]1. The second kappa shape index (κ2) is 16.7. The molecule has 5 rings (SSSR count). The van der Waals surface area contributed by atoms with E-state index in [-0.39, 0.29) is 0 Å². The van der Waals surface area contributed by atoms with E-state index in [1.807, 2.05) is 20.8 Å². The van der Waals surface area contributed by atoms with E-state index in [0.717, 1.165) is 43.0 Å². The minimum Gasteiger partial charge on any atom is -0.349 e. The Kier molecular flexibility index (Phi) is 14.4. The second-order valence-corrected chi connectivity index (χ2v) is 7.22. The zero-order valence-corrected chi connectivity index (χ0v) is 19.3. The molecule has 0 saturated carbocycles. The van der Waals surface area contributed by atoms with Crippen LogP contribution in [0.4, 0.5) is 0 Å². The van der Waals surface area contributed by atoms with Gasteiger partial charge in [0, 0.05) is 31.7 Å². The largest absolute Gasteiger partial charge is 0.349 e. The molecule has 0 aromatic carbocycles. The summed E-state index contributed by atoms with van der Waals surface area (Å²) >= 11 is 1.72. The van der Waals surface area contributed by atoms with Crippen molar-refractivity contribution in [2.75, 3.05) is 25.5 Å². The van der Waals surface area contributed by atoms with E-state index >= 15 is 0 Å². The molecule has 0 radical (unpaired) electrons. The summed E-state index contributed by atoms with van der Waals surface area (Å²) < 4.78 is 3.12. The Morgan fingerprint density at radius 2 is 1.73 bits per heavy atom. The van der Waals surface area contributed by atoms with Crippen LogP contribution in [-0.2, 0) is 0 Å². The highest BCUT2D eigenvalue weighted by Gasteiger charge is 2.04. The van der Waals surface area contributed by atoms with Crippen LogP contribution in [0.3, 0.4) is 0 Å². The summed E-state index contributed by atoms with van der Waals surface area (Å²) in [6.45, 7) is 12.9. The van der Waals surface area contributed by atoms with Crippen LogP contribution in [0, 0.1) is 13.8 Å². The zero-order chi connectivity index (χ0) is 22.0. The smallest absolute Gasteiger partial charge is 0.137 e. The van der Waals surface area contributed by atoms with E-state index in [1.54, 1.807) is 30.6 Å². The van der Waals surface area contributed by atoms with Gasteiger partial charge in [0.1, 0.15) is 23.8 Å². The molecule has 1 atom stereocenters. The molecule has 2 fully saturated rings. The van der Waals surface area contributed by atoms with Crippen LogP contribution in [0.2, 0.25) is 0 Å². The van der Waals surface area contributed by atoms with Gasteiger partial charge in [-0.25, -0.2) is 19.7 Å². The van der Waals surface area contributed by atoms with Crippen LogP contribution in [0.25, 0.3) is 0 Å². The van der Waals surface area contributed by atoms with E-state index in [9.17, 15) is 0 Å². The third-order valence-electron chi connectivity index (χ3n) is 3.60. The molecule has 6 N–H and O–H groups in total. The predicted molar refractivity (Wildman–Crippen MR) is 125 cm³/mol. The summed E-state index contributed by atoms with van der Waals surface area (Å²) in [5, 5.41) is 15.8. The molecule has 168 valence electrons. The van der Waals surface area contributed by atoms with E-state index in [2.05, 4.69) is 69.7 Å². The summed E-state index contributed by atoms with van der Waals surface area (Å²) in [7, 11) is 0. The fourth-order valence-electron chi connectivity index (χ4n) is 2.02. The number of rotatable bonds is 0. The molecule has 3 aliphatic heterocycles. The average molecular weight is 438 g/mol. The first kappa shape index (κ1) is 25.9. The van der Waals surface area contributed by atoms with Gasteiger partial charge in [0.05, 0.1) is 24.8 Å². The molecule has 11 nitrogen and oxygen atoms in total. The number of H-pyrrole nitrogens is 2. The number of aromatic amines is 2. The molecule has 2 saturated heterocycles. The fraction of sp³-hybridized carbons (Fsp3) is 0.611. The highest BCUT2D eigenvalue weighted by atomic mass is 32.2. The van der Waals surface area contributed by atoms with Crippen molar-refractivity contribution in [1.82, 2.24) is 45.8 Å². The maximum Gasteiger partial charge on any atom is 0.137 e. The maximum atomic E-state index is 3.93. The Bertz CT molecular complexity index is 624. The molecule has 1 unspecified atom stereocenters. The molecule has 0 spiro atoms. The van der Waals surface area contributed by atoms with E-state index in [0.29, 0.717) is 12.3 Å². The molecule has 12 heteroatoms. The van der Waals surface area contributed by atoms with Crippen LogP contribution < -0.4 is 20.7 Å². The van der Waals surface area contributed by atoms with Gasteiger partial charge in [-0.2, -0.15) is 5.10 Å². The summed E-state index contributed by atoms with van der Waals surface area (Å²) in [5.41, 5.74) is 0. The number of amidine groups is 1. The number of hydrogen-bond acceptors (Lipinski definition) is 10. The van der Waals surface area contributed by atoms with Gasteiger partial charge in [-0.05, 0) is 34.6 Å². The van der Waals surface area contributed by atoms with E-state index < -0.39 is 0 Å². The van der Waals surface area contributed by atoms with Gasteiger partial charge >= 0.3 is 0 Å². The van der Waals surface area contributed by atoms with Gasteiger partial charge in [0.25, 0.3) is 0 Å².